The first-order valence-electron chi connectivity index (χ1n) is 18.8. The van der Waals surface area contributed by atoms with Crippen molar-refractivity contribution in [3.8, 4) is 17.6 Å². The number of rotatable bonds is 17. The summed E-state index contributed by atoms with van der Waals surface area (Å²) in [5.41, 5.74) is -0.616. The Morgan fingerprint density at radius 1 is 0.946 bits per heavy atom. The Hall–Kier alpha value is -4.38. The van der Waals surface area contributed by atoms with Crippen LogP contribution in [0.3, 0.4) is 0 Å². The summed E-state index contributed by atoms with van der Waals surface area (Å²) in [6.07, 6.45) is -0.523. The number of benzene rings is 3. The van der Waals surface area contributed by atoms with Gasteiger partial charge in [-0.2, -0.15) is 5.26 Å². The van der Waals surface area contributed by atoms with E-state index in [1.807, 2.05) is 78.9 Å². The molecule has 5 atom stereocenters. The quantitative estimate of drug-likeness (QED) is 0.0703. The molecular formula is C42H51N4O9P. The second-order valence-electron chi connectivity index (χ2n) is 14.4. The molecule has 1 aromatic heterocycles. The van der Waals surface area contributed by atoms with Crippen molar-refractivity contribution in [3.05, 3.63) is 128 Å². The molecule has 0 spiro atoms. The number of nitrogens with zero attached hydrogens (tertiary/aromatic N) is 3. The highest BCUT2D eigenvalue weighted by molar-refractivity contribution is 7.44. The van der Waals surface area contributed by atoms with Gasteiger partial charge in [0.05, 0.1) is 46.5 Å². The maximum absolute atomic E-state index is 13.5. The number of ether oxygens (including phenoxy) is 5. The van der Waals surface area contributed by atoms with Crippen LogP contribution in [0.15, 0.2) is 94.6 Å². The first kappa shape index (κ1) is 41.3. The molecule has 2 saturated heterocycles. The average molecular weight is 787 g/mol. The van der Waals surface area contributed by atoms with Gasteiger partial charge in [0.2, 0.25) is 0 Å². The summed E-state index contributed by atoms with van der Waals surface area (Å²) >= 11 is 0. The van der Waals surface area contributed by atoms with Gasteiger partial charge in [0.1, 0.15) is 34.9 Å². The minimum absolute atomic E-state index is 0.0218. The molecule has 298 valence electrons. The Kier molecular flexibility index (Phi) is 13.1. The Bertz CT molecular complexity index is 2010. The van der Waals surface area contributed by atoms with Crippen molar-refractivity contribution in [1.29, 1.82) is 5.26 Å². The van der Waals surface area contributed by atoms with Gasteiger partial charge in [-0.3, -0.25) is 14.3 Å². The lowest BCUT2D eigenvalue weighted by atomic mass is 9.79. The normalized spacial score (nSPS) is 21.3. The molecule has 2 aliphatic rings. The van der Waals surface area contributed by atoms with Gasteiger partial charge in [0, 0.05) is 30.3 Å². The van der Waals surface area contributed by atoms with E-state index in [0.717, 1.165) is 16.7 Å². The molecule has 3 heterocycles. The van der Waals surface area contributed by atoms with E-state index >= 15 is 0 Å². The third-order valence-electron chi connectivity index (χ3n) is 10.3. The van der Waals surface area contributed by atoms with Crippen molar-refractivity contribution in [2.24, 2.45) is 0 Å². The maximum atomic E-state index is 13.5. The van der Waals surface area contributed by atoms with E-state index in [9.17, 15) is 14.9 Å². The van der Waals surface area contributed by atoms with E-state index in [1.165, 1.54) is 10.8 Å². The number of aromatic amines is 1. The lowest BCUT2D eigenvalue weighted by Crippen LogP contribution is -2.50. The van der Waals surface area contributed by atoms with Crippen LogP contribution in [0, 0.1) is 18.3 Å². The molecule has 0 radical (unpaired) electrons. The highest BCUT2D eigenvalue weighted by atomic mass is 31.2. The molecule has 6 rings (SSSR count). The van der Waals surface area contributed by atoms with Crippen LogP contribution in [-0.4, -0.2) is 78.2 Å². The standard InChI is InChI=1S/C42H51N4O9P/c1-28(2)46(29(3)4)56(53-24-11-23-43)55-41-22-25-51-37(41)39(45-26-30(5)38(47)44-40(45)48)54-36(41)27-52-42(31-12-9-8-10-13-31,32-14-18-34(49-6)19-15-32)33-16-20-35(50-7)21-17-33/h8-10,12-21,26,28-29,36-37,39H,11,22,24-25,27H2,1-7H3,(H,44,47,48)/t36-,37-,39-,41-,56?/m1/s1. The summed E-state index contributed by atoms with van der Waals surface area (Å²) in [5.74, 6) is 1.38. The summed E-state index contributed by atoms with van der Waals surface area (Å²) in [6, 6.07) is 27.7. The average Bonchev–Trinajstić information content (AvgIpc) is 3.74. The zero-order chi connectivity index (χ0) is 40.0. The zero-order valence-electron chi connectivity index (χ0n) is 33.0. The molecule has 1 N–H and O–H groups in total. The van der Waals surface area contributed by atoms with E-state index < -0.39 is 49.4 Å². The molecule has 0 amide bonds. The fourth-order valence-corrected chi connectivity index (χ4v) is 9.56. The van der Waals surface area contributed by atoms with Gasteiger partial charge in [-0.05, 0) is 75.6 Å². The van der Waals surface area contributed by atoms with Gasteiger partial charge in [0.15, 0.2) is 6.23 Å². The second kappa shape index (κ2) is 17.8. The Morgan fingerprint density at radius 2 is 1.54 bits per heavy atom. The van der Waals surface area contributed by atoms with E-state index in [2.05, 4.69) is 43.4 Å². The molecule has 14 heteroatoms. The van der Waals surface area contributed by atoms with Crippen molar-refractivity contribution in [2.45, 2.75) is 89.2 Å². The number of aromatic nitrogens is 2. The van der Waals surface area contributed by atoms with Gasteiger partial charge in [-0.25, -0.2) is 9.46 Å². The van der Waals surface area contributed by atoms with Crippen molar-refractivity contribution in [2.75, 3.05) is 34.0 Å². The van der Waals surface area contributed by atoms with Gasteiger partial charge in [-0.1, -0.05) is 54.6 Å². The van der Waals surface area contributed by atoms with Crippen LogP contribution in [0.2, 0.25) is 0 Å². The topological polar surface area (TPSA) is 147 Å². The largest absolute Gasteiger partial charge is 0.497 e. The SMILES string of the molecule is COc1ccc(C(OC[C@H]2O[C@@H](n3cc(C)c(=O)[nH]c3=O)[C@H]3OCC[C@]32OP(OCCC#N)N(C(C)C)C(C)C)(c2ccccc2)c2ccc(OC)cc2)cc1. The number of hydrogen-bond donors (Lipinski definition) is 1. The van der Waals surface area contributed by atoms with E-state index in [4.69, 9.17) is 32.7 Å². The van der Waals surface area contributed by atoms with Gasteiger partial charge >= 0.3 is 5.69 Å². The van der Waals surface area contributed by atoms with Crippen molar-refractivity contribution < 1.29 is 32.7 Å². The van der Waals surface area contributed by atoms with E-state index in [-0.39, 0.29) is 31.7 Å². The lowest BCUT2D eigenvalue weighted by Gasteiger charge is -2.42. The molecule has 2 aliphatic heterocycles. The Balaban J connectivity index is 1.51. The predicted octanol–water partition coefficient (Wildman–Crippen LogP) is 6.59. The van der Waals surface area contributed by atoms with Gasteiger partial charge < -0.3 is 32.7 Å². The van der Waals surface area contributed by atoms with Crippen molar-refractivity contribution >= 4 is 8.53 Å². The summed E-state index contributed by atoms with van der Waals surface area (Å²) < 4.78 is 49.0. The molecule has 0 saturated carbocycles. The van der Waals surface area contributed by atoms with Crippen LogP contribution in [0.4, 0.5) is 0 Å². The first-order valence-corrected chi connectivity index (χ1v) is 20.0. The lowest BCUT2D eigenvalue weighted by molar-refractivity contribution is -0.117. The molecule has 0 aliphatic carbocycles. The number of methoxy groups -OCH3 is 2. The molecule has 2 fully saturated rings. The monoisotopic (exact) mass is 786 g/mol. The number of nitrogens with one attached hydrogen (secondary N) is 1. The summed E-state index contributed by atoms with van der Waals surface area (Å²) in [7, 11) is 1.46. The Labute approximate surface area is 329 Å². The van der Waals surface area contributed by atoms with Gasteiger partial charge in [0.25, 0.3) is 14.1 Å². The minimum Gasteiger partial charge on any atom is -0.497 e. The van der Waals surface area contributed by atoms with E-state index in [1.54, 1.807) is 21.1 Å². The highest BCUT2D eigenvalue weighted by Gasteiger charge is 2.64. The number of H-pyrrole nitrogens is 1. The zero-order valence-corrected chi connectivity index (χ0v) is 33.9. The molecule has 0 bridgehead atoms. The number of hydrogen-bond acceptors (Lipinski definition) is 11. The van der Waals surface area contributed by atoms with Gasteiger partial charge in [-0.15, -0.1) is 0 Å². The van der Waals surface area contributed by atoms with Crippen LogP contribution in [0.1, 0.15) is 69.0 Å². The van der Waals surface area contributed by atoms with E-state index in [0.29, 0.717) is 30.1 Å². The molecule has 56 heavy (non-hydrogen) atoms. The summed E-state index contributed by atoms with van der Waals surface area (Å²) in [6.45, 7) is 10.4. The fraction of sp³-hybridized carbons (Fsp3) is 0.452. The van der Waals surface area contributed by atoms with Crippen molar-refractivity contribution in [1.82, 2.24) is 14.2 Å². The minimum atomic E-state index is -1.79. The Morgan fingerprint density at radius 3 is 2.09 bits per heavy atom. The number of aryl methyl sites for hydroxylation is 1. The van der Waals surface area contributed by atoms with Crippen LogP contribution >= 0.6 is 8.53 Å². The fourth-order valence-electron chi connectivity index (χ4n) is 7.68. The van der Waals surface area contributed by atoms with Crippen LogP contribution in [0.25, 0.3) is 0 Å². The second-order valence-corrected chi connectivity index (χ2v) is 15.8. The third kappa shape index (κ3) is 8.06. The molecule has 3 aromatic carbocycles. The predicted molar refractivity (Wildman–Crippen MR) is 212 cm³/mol. The molecule has 13 nitrogen and oxygen atoms in total. The van der Waals surface area contributed by atoms with Crippen LogP contribution in [-0.2, 0) is 28.9 Å². The highest BCUT2D eigenvalue weighted by Crippen LogP contribution is 2.58. The molecular weight excluding hydrogens is 735 g/mol. The third-order valence-corrected chi connectivity index (χ3v) is 12.5. The number of nitriles is 1. The smallest absolute Gasteiger partial charge is 0.330 e. The molecule has 4 aromatic rings. The maximum Gasteiger partial charge on any atom is 0.330 e. The number of fused-ring (bicyclic) bond motifs is 1. The van der Waals surface area contributed by atoms with Crippen LogP contribution in [0.5, 0.6) is 11.5 Å². The summed E-state index contributed by atoms with van der Waals surface area (Å²) in [4.78, 5) is 28.4. The first-order chi connectivity index (χ1) is 27.0. The van der Waals surface area contributed by atoms with Crippen molar-refractivity contribution in [3.63, 3.8) is 0 Å². The summed E-state index contributed by atoms with van der Waals surface area (Å²) in [5, 5.41) is 9.42. The van der Waals surface area contributed by atoms with Crippen LogP contribution < -0.4 is 20.7 Å². The molecule has 1 unspecified atom stereocenters.